The maximum atomic E-state index is 10.6. The van der Waals surface area contributed by atoms with Crippen molar-refractivity contribution in [3.05, 3.63) is 0 Å². The van der Waals surface area contributed by atoms with E-state index in [1.54, 1.807) is 0 Å². The van der Waals surface area contributed by atoms with Crippen LogP contribution in [0, 0.1) is 0 Å². The number of hydrogen-bond acceptors (Lipinski definition) is 4. The molecule has 0 unspecified atom stereocenters. The lowest BCUT2D eigenvalue weighted by Gasteiger charge is -2.35. The highest BCUT2D eigenvalue weighted by Gasteiger charge is 2.38. The Balaban J connectivity index is 0.000000322. The summed E-state index contributed by atoms with van der Waals surface area (Å²) < 4.78 is 63.5. The fourth-order valence-electron chi connectivity index (χ4n) is 1.66. The van der Waals surface area contributed by atoms with E-state index in [9.17, 15) is 26.3 Å². The van der Waals surface area contributed by atoms with Crippen LogP contribution in [0.4, 0.5) is 26.3 Å². The molecule has 2 rings (SSSR count). The zero-order chi connectivity index (χ0) is 18.3. The van der Waals surface area contributed by atoms with Gasteiger partial charge in [-0.15, -0.1) is 0 Å². The van der Waals surface area contributed by atoms with Gasteiger partial charge in [0.05, 0.1) is 0 Å². The van der Waals surface area contributed by atoms with Crippen molar-refractivity contribution in [3.63, 3.8) is 0 Å². The molecule has 2 aliphatic rings. The van der Waals surface area contributed by atoms with E-state index in [1.165, 1.54) is 39.0 Å². The van der Waals surface area contributed by atoms with Gasteiger partial charge in [-0.2, -0.15) is 26.3 Å². The fraction of sp³-hybridized carbons (Fsp3) is 0.818. The Kier molecular flexibility index (Phi) is 8.31. The van der Waals surface area contributed by atoms with Crippen LogP contribution >= 0.6 is 0 Å². The van der Waals surface area contributed by atoms with Crippen molar-refractivity contribution in [3.8, 4) is 0 Å². The van der Waals surface area contributed by atoms with Gasteiger partial charge in [0.2, 0.25) is 0 Å². The van der Waals surface area contributed by atoms with E-state index in [1.807, 2.05) is 0 Å². The number of carbonyl (C=O) groups is 2. The van der Waals surface area contributed by atoms with Crippen LogP contribution in [0.2, 0.25) is 0 Å². The van der Waals surface area contributed by atoms with Gasteiger partial charge in [-0.1, -0.05) is 0 Å². The number of nitrogens with zero attached hydrogens (tertiary/aromatic N) is 1. The highest BCUT2D eigenvalue weighted by Crippen LogP contribution is 2.15. The number of halogens is 6. The molecule has 12 heteroatoms. The van der Waals surface area contributed by atoms with Crippen LogP contribution in [0.25, 0.3) is 0 Å². The first-order chi connectivity index (χ1) is 10.4. The SMILES string of the molecule is C1CN([C@@H]2CCNC2)C1.O=C(O)C(F)(F)F.O=C(O)C(F)(F)F. The van der Waals surface area contributed by atoms with Crippen LogP contribution in [-0.4, -0.2) is 71.6 Å². The number of rotatable bonds is 1. The topological polar surface area (TPSA) is 89.9 Å². The van der Waals surface area contributed by atoms with Crippen molar-refractivity contribution in [1.82, 2.24) is 10.2 Å². The van der Waals surface area contributed by atoms with E-state index < -0.39 is 24.3 Å². The van der Waals surface area contributed by atoms with Gasteiger partial charge < -0.3 is 15.5 Å². The maximum Gasteiger partial charge on any atom is 0.490 e. The molecule has 0 radical (unpaired) electrons. The molecule has 0 aromatic heterocycles. The Morgan fingerprint density at radius 1 is 0.957 bits per heavy atom. The Hall–Kier alpha value is -1.56. The minimum absolute atomic E-state index is 0.888. The van der Waals surface area contributed by atoms with E-state index in [0.29, 0.717) is 0 Å². The Bertz CT molecular complexity index is 365. The van der Waals surface area contributed by atoms with Crippen molar-refractivity contribution in [1.29, 1.82) is 0 Å². The summed E-state index contributed by atoms with van der Waals surface area (Å²) in [5, 5.41) is 17.6. The molecule has 23 heavy (non-hydrogen) atoms. The molecule has 2 aliphatic heterocycles. The summed E-state index contributed by atoms with van der Waals surface area (Å²) in [4.78, 5) is 20.4. The second-order valence-corrected chi connectivity index (χ2v) is 4.64. The molecular formula is C11H16F6N2O4. The maximum absolute atomic E-state index is 10.6. The molecule has 136 valence electrons. The molecule has 0 aromatic rings. The van der Waals surface area contributed by atoms with Crippen LogP contribution in [-0.2, 0) is 9.59 Å². The molecule has 2 fully saturated rings. The second kappa shape index (κ2) is 8.91. The van der Waals surface area contributed by atoms with Crippen molar-refractivity contribution in [2.75, 3.05) is 26.2 Å². The van der Waals surface area contributed by atoms with Gasteiger partial charge in [-0.05, 0) is 32.5 Å². The van der Waals surface area contributed by atoms with Crippen molar-refractivity contribution in [2.45, 2.75) is 31.2 Å². The minimum atomic E-state index is -5.08. The lowest BCUT2D eigenvalue weighted by molar-refractivity contribution is -0.193. The van der Waals surface area contributed by atoms with E-state index >= 15 is 0 Å². The zero-order valence-electron chi connectivity index (χ0n) is 11.7. The number of nitrogens with one attached hydrogen (secondary N) is 1. The number of likely N-dealkylation sites (tertiary alicyclic amines) is 1. The van der Waals surface area contributed by atoms with Gasteiger partial charge in [0.1, 0.15) is 0 Å². The van der Waals surface area contributed by atoms with Crippen molar-refractivity contribution < 1.29 is 46.1 Å². The molecule has 2 saturated heterocycles. The van der Waals surface area contributed by atoms with E-state index in [-0.39, 0.29) is 0 Å². The molecule has 1 atom stereocenters. The summed E-state index contributed by atoms with van der Waals surface area (Å²) >= 11 is 0. The summed E-state index contributed by atoms with van der Waals surface area (Å²) in [6.45, 7) is 5.18. The molecule has 0 spiro atoms. The van der Waals surface area contributed by atoms with Crippen molar-refractivity contribution in [2.24, 2.45) is 0 Å². The molecule has 0 aromatic carbocycles. The average Bonchev–Trinajstić information content (AvgIpc) is 2.79. The highest BCUT2D eigenvalue weighted by molar-refractivity contribution is 5.73. The average molecular weight is 354 g/mol. The molecule has 0 amide bonds. The first-order valence-electron chi connectivity index (χ1n) is 6.40. The Labute approximate surface area is 127 Å². The first-order valence-corrected chi connectivity index (χ1v) is 6.40. The largest absolute Gasteiger partial charge is 0.490 e. The number of carboxylic acid groups (broad SMARTS) is 2. The van der Waals surface area contributed by atoms with Gasteiger partial charge in [0.15, 0.2) is 0 Å². The highest BCUT2D eigenvalue weighted by atomic mass is 19.4. The first kappa shape index (κ1) is 21.4. The fourth-order valence-corrected chi connectivity index (χ4v) is 1.66. The summed E-state index contributed by atoms with van der Waals surface area (Å²) in [5.41, 5.74) is 0. The summed E-state index contributed by atoms with van der Waals surface area (Å²) in [5.74, 6) is -5.51. The minimum Gasteiger partial charge on any atom is -0.475 e. The van der Waals surface area contributed by atoms with E-state index in [0.717, 1.165) is 6.04 Å². The molecule has 6 nitrogen and oxygen atoms in total. The summed E-state index contributed by atoms with van der Waals surface area (Å²) in [7, 11) is 0. The van der Waals surface area contributed by atoms with Crippen LogP contribution in [0.1, 0.15) is 12.8 Å². The van der Waals surface area contributed by atoms with E-state index in [2.05, 4.69) is 10.2 Å². The van der Waals surface area contributed by atoms with Gasteiger partial charge in [0.25, 0.3) is 0 Å². The van der Waals surface area contributed by atoms with Crippen LogP contribution < -0.4 is 5.32 Å². The lowest BCUT2D eigenvalue weighted by atomic mass is 10.1. The standard InChI is InChI=1S/C7H14N2.2C2HF3O2/c1-4-9(5-1)7-2-3-8-6-7;2*3-2(4,5)1(6)7/h7-8H,1-6H2;2*(H,6,7)/t7-;;/m1../s1. The second-order valence-electron chi connectivity index (χ2n) is 4.64. The quantitative estimate of drug-likeness (QED) is 0.616. The Morgan fingerprint density at radius 2 is 1.35 bits per heavy atom. The lowest BCUT2D eigenvalue weighted by Crippen LogP contribution is -2.45. The van der Waals surface area contributed by atoms with Crippen LogP contribution in [0.15, 0.2) is 0 Å². The normalized spacial score (nSPS) is 21.2. The van der Waals surface area contributed by atoms with E-state index in [4.69, 9.17) is 19.8 Å². The summed E-state index contributed by atoms with van der Waals surface area (Å²) in [6.07, 6.45) is -7.36. The Morgan fingerprint density at radius 3 is 1.52 bits per heavy atom. The van der Waals surface area contributed by atoms with Gasteiger partial charge in [-0.3, -0.25) is 4.90 Å². The third-order valence-corrected chi connectivity index (χ3v) is 2.93. The monoisotopic (exact) mass is 354 g/mol. The van der Waals surface area contributed by atoms with Gasteiger partial charge >= 0.3 is 24.3 Å². The van der Waals surface area contributed by atoms with Gasteiger partial charge in [-0.25, -0.2) is 9.59 Å². The predicted octanol–water partition coefficient (Wildman–Crippen LogP) is 1.32. The van der Waals surface area contributed by atoms with Crippen LogP contribution in [0.5, 0.6) is 0 Å². The number of carboxylic acids is 2. The third-order valence-electron chi connectivity index (χ3n) is 2.93. The molecule has 0 aliphatic carbocycles. The number of aliphatic carboxylic acids is 2. The predicted molar refractivity (Wildman–Crippen MR) is 64.8 cm³/mol. The molecule has 2 heterocycles. The van der Waals surface area contributed by atoms with Crippen LogP contribution in [0.3, 0.4) is 0 Å². The third kappa shape index (κ3) is 9.23. The van der Waals surface area contributed by atoms with Crippen molar-refractivity contribution >= 4 is 11.9 Å². The zero-order valence-corrected chi connectivity index (χ0v) is 11.7. The molecule has 0 saturated carbocycles. The smallest absolute Gasteiger partial charge is 0.475 e. The summed E-state index contributed by atoms with van der Waals surface area (Å²) in [6, 6.07) is 0.888. The van der Waals surface area contributed by atoms with Gasteiger partial charge in [0, 0.05) is 12.6 Å². The number of hydrogen-bond donors (Lipinski definition) is 3. The molecule has 0 bridgehead atoms. The molecule has 3 N–H and O–H groups in total. The molecular weight excluding hydrogens is 338 g/mol. The number of alkyl halides is 6.